The summed E-state index contributed by atoms with van der Waals surface area (Å²) in [5.74, 6) is -3.38. The molecule has 0 spiro atoms. The van der Waals surface area contributed by atoms with Gasteiger partial charge in [-0.05, 0) is 12.5 Å². The van der Waals surface area contributed by atoms with Crippen molar-refractivity contribution in [1.29, 1.82) is 0 Å². The van der Waals surface area contributed by atoms with Gasteiger partial charge in [0.15, 0.2) is 0 Å². The maximum Gasteiger partial charge on any atom is 0.408 e. The van der Waals surface area contributed by atoms with E-state index in [4.69, 9.17) is 10.5 Å². The van der Waals surface area contributed by atoms with Gasteiger partial charge < -0.3 is 31.0 Å². The molecule has 0 fully saturated rings. The van der Waals surface area contributed by atoms with Crippen molar-refractivity contribution in [3.05, 3.63) is 35.9 Å². The van der Waals surface area contributed by atoms with Crippen molar-refractivity contribution in [2.45, 2.75) is 32.0 Å². The van der Waals surface area contributed by atoms with Crippen LogP contribution < -0.4 is 21.5 Å². The van der Waals surface area contributed by atoms with Gasteiger partial charge in [-0.2, -0.15) is 0 Å². The van der Waals surface area contributed by atoms with Crippen LogP contribution in [0.25, 0.3) is 0 Å². The largest absolute Gasteiger partial charge is 0.548 e. The van der Waals surface area contributed by atoms with Crippen LogP contribution >= 0.6 is 0 Å². The average Bonchev–Trinajstić information content (AvgIpc) is 2.52. The number of carbonyl (C=O) groups is 4. The number of carboxylic acids is 1. The lowest BCUT2D eigenvalue weighted by atomic mass is 10.2. The molecule has 2 atom stereocenters. The summed E-state index contributed by atoms with van der Waals surface area (Å²) in [6, 6.07) is 6.25. The summed E-state index contributed by atoms with van der Waals surface area (Å²) < 4.78 is 4.93. The predicted molar refractivity (Wildman–Crippen MR) is 80.0 cm³/mol. The molecule has 1 aromatic carbocycles. The van der Waals surface area contributed by atoms with Gasteiger partial charge >= 0.3 is 6.09 Å². The monoisotopic (exact) mass is 336 g/mol. The summed E-state index contributed by atoms with van der Waals surface area (Å²) in [5.41, 5.74) is 5.65. The number of amides is 3. The van der Waals surface area contributed by atoms with Crippen LogP contribution in [-0.4, -0.2) is 36.0 Å². The van der Waals surface area contributed by atoms with Gasteiger partial charge in [0.1, 0.15) is 12.6 Å². The normalized spacial score (nSPS) is 12.5. The number of rotatable bonds is 8. The van der Waals surface area contributed by atoms with E-state index in [1.54, 1.807) is 24.3 Å². The molecule has 1 rings (SSSR count). The van der Waals surface area contributed by atoms with E-state index in [9.17, 15) is 24.3 Å². The quantitative estimate of drug-likeness (QED) is 0.521. The fourth-order valence-corrected chi connectivity index (χ4v) is 1.70. The summed E-state index contributed by atoms with van der Waals surface area (Å²) in [6.45, 7) is 1.35. The minimum absolute atomic E-state index is 0.0182. The molecule has 0 saturated heterocycles. The van der Waals surface area contributed by atoms with Crippen LogP contribution in [0.1, 0.15) is 18.9 Å². The zero-order valence-corrected chi connectivity index (χ0v) is 13.0. The Morgan fingerprint density at radius 1 is 1.17 bits per heavy atom. The first-order chi connectivity index (χ1) is 11.3. The van der Waals surface area contributed by atoms with E-state index >= 15 is 0 Å². The lowest BCUT2D eigenvalue weighted by molar-refractivity contribution is -0.308. The van der Waals surface area contributed by atoms with Gasteiger partial charge in [0, 0.05) is 0 Å². The van der Waals surface area contributed by atoms with Crippen molar-refractivity contribution >= 4 is 23.9 Å². The molecule has 0 unspecified atom stereocenters. The van der Waals surface area contributed by atoms with Crippen LogP contribution in [0.3, 0.4) is 0 Å². The van der Waals surface area contributed by atoms with Crippen LogP contribution in [0, 0.1) is 0 Å². The minimum atomic E-state index is -1.65. The Labute approximate surface area is 138 Å². The van der Waals surface area contributed by atoms with Crippen LogP contribution in [0.5, 0.6) is 0 Å². The molecule has 9 heteroatoms. The first kappa shape index (κ1) is 18.9. The Morgan fingerprint density at radius 2 is 1.79 bits per heavy atom. The van der Waals surface area contributed by atoms with Gasteiger partial charge in [0.25, 0.3) is 0 Å². The van der Waals surface area contributed by atoms with E-state index in [2.05, 4.69) is 10.6 Å². The van der Waals surface area contributed by atoms with Crippen LogP contribution in [0.15, 0.2) is 30.3 Å². The number of ether oxygens (including phenoxy) is 1. The SMILES string of the molecule is C[C@@H](NC(=O)OCc1ccccc1)C(=O)N[C@@H](CC(N)=O)C(=O)[O-]. The highest BCUT2D eigenvalue weighted by atomic mass is 16.5. The zero-order valence-electron chi connectivity index (χ0n) is 13.0. The predicted octanol–water partition coefficient (Wildman–Crippen LogP) is -1.59. The maximum absolute atomic E-state index is 11.8. The third-order valence-corrected chi connectivity index (χ3v) is 2.95. The molecule has 9 nitrogen and oxygen atoms in total. The molecular formula is C15H18N3O6-. The number of nitrogens with one attached hydrogen (secondary N) is 2. The van der Waals surface area contributed by atoms with Crippen molar-refractivity contribution < 1.29 is 29.0 Å². The maximum atomic E-state index is 11.8. The fourth-order valence-electron chi connectivity index (χ4n) is 1.70. The molecule has 130 valence electrons. The van der Waals surface area contributed by atoms with E-state index in [1.807, 2.05) is 6.07 Å². The first-order valence-electron chi connectivity index (χ1n) is 7.06. The second kappa shape index (κ2) is 9.13. The van der Waals surface area contributed by atoms with Crippen molar-refractivity contribution in [3.63, 3.8) is 0 Å². The van der Waals surface area contributed by atoms with E-state index in [-0.39, 0.29) is 6.61 Å². The second-order valence-corrected chi connectivity index (χ2v) is 4.98. The summed E-state index contributed by atoms with van der Waals surface area (Å²) in [7, 11) is 0. The van der Waals surface area contributed by atoms with Crippen LogP contribution in [0.2, 0.25) is 0 Å². The number of nitrogens with two attached hydrogens (primary N) is 1. The van der Waals surface area contributed by atoms with E-state index in [0.717, 1.165) is 5.56 Å². The summed E-state index contributed by atoms with van der Waals surface area (Å²) in [5, 5.41) is 15.1. The smallest absolute Gasteiger partial charge is 0.408 e. The molecule has 0 saturated carbocycles. The Bertz CT molecular complexity index is 604. The molecule has 0 heterocycles. The third-order valence-electron chi connectivity index (χ3n) is 2.95. The molecule has 1 aromatic rings. The molecule has 3 amide bonds. The minimum Gasteiger partial charge on any atom is -0.548 e. The molecule has 24 heavy (non-hydrogen) atoms. The standard InChI is InChI=1S/C15H19N3O6/c1-9(13(20)18-11(14(21)22)7-12(16)19)17-15(23)24-8-10-5-3-2-4-6-10/h2-6,9,11H,7-8H2,1H3,(H2,16,19)(H,17,23)(H,18,20)(H,21,22)/p-1/t9-,11+/m1/s1. The van der Waals surface area contributed by atoms with Crippen molar-refractivity contribution in [3.8, 4) is 0 Å². The van der Waals surface area contributed by atoms with Crippen molar-refractivity contribution in [2.75, 3.05) is 0 Å². The summed E-state index contributed by atoms with van der Waals surface area (Å²) in [6.07, 6.45) is -1.46. The highest BCUT2D eigenvalue weighted by molar-refractivity contribution is 5.90. The number of carboxylic acid groups (broad SMARTS) is 1. The molecule has 0 aromatic heterocycles. The van der Waals surface area contributed by atoms with Crippen LogP contribution in [0.4, 0.5) is 4.79 Å². The van der Waals surface area contributed by atoms with Gasteiger partial charge in [-0.3, -0.25) is 9.59 Å². The molecule has 0 bridgehead atoms. The lowest BCUT2D eigenvalue weighted by Gasteiger charge is -2.21. The van der Waals surface area contributed by atoms with Crippen molar-refractivity contribution in [1.82, 2.24) is 10.6 Å². The average molecular weight is 336 g/mol. The number of hydrogen-bond donors (Lipinski definition) is 3. The number of benzene rings is 1. The van der Waals surface area contributed by atoms with Gasteiger partial charge in [-0.15, -0.1) is 0 Å². The molecule has 4 N–H and O–H groups in total. The highest BCUT2D eigenvalue weighted by Crippen LogP contribution is 2.01. The van der Waals surface area contributed by atoms with Gasteiger partial charge in [-0.25, -0.2) is 4.79 Å². The second-order valence-electron chi connectivity index (χ2n) is 4.98. The van der Waals surface area contributed by atoms with E-state index < -0.39 is 42.4 Å². The topological polar surface area (TPSA) is 151 Å². The third kappa shape index (κ3) is 6.77. The number of hydrogen-bond acceptors (Lipinski definition) is 6. The number of carbonyl (C=O) groups excluding carboxylic acids is 4. The first-order valence-corrected chi connectivity index (χ1v) is 7.06. The molecule has 0 aliphatic rings. The summed E-state index contributed by atoms with van der Waals surface area (Å²) in [4.78, 5) is 45.0. The number of alkyl carbamates (subject to hydrolysis) is 1. The molecular weight excluding hydrogens is 318 g/mol. The molecule has 0 aliphatic carbocycles. The van der Waals surface area contributed by atoms with Gasteiger partial charge in [0.05, 0.1) is 18.4 Å². The van der Waals surface area contributed by atoms with E-state index in [0.29, 0.717) is 0 Å². The summed E-state index contributed by atoms with van der Waals surface area (Å²) >= 11 is 0. The van der Waals surface area contributed by atoms with Gasteiger partial charge in [-0.1, -0.05) is 30.3 Å². The Hall–Kier alpha value is -3.10. The fraction of sp³-hybridized carbons (Fsp3) is 0.333. The Morgan fingerprint density at radius 3 is 2.33 bits per heavy atom. The number of aliphatic carboxylic acids is 1. The van der Waals surface area contributed by atoms with Crippen molar-refractivity contribution in [2.24, 2.45) is 5.73 Å². The Balaban J connectivity index is 2.45. The molecule has 0 aliphatic heterocycles. The van der Waals surface area contributed by atoms with Gasteiger partial charge in [0.2, 0.25) is 11.8 Å². The number of primary amides is 1. The van der Waals surface area contributed by atoms with E-state index in [1.165, 1.54) is 6.92 Å². The zero-order chi connectivity index (χ0) is 18.1. The van der Waals surface area contributed by atoms with Crippen LogP contribution in [-0.2, 0) is 25.7 Å². The molecule has 0 radical (unpaired) electrons. The Kier molecular flexibility index (Phi) is 7.21. The highest BCUT2D eigenvalue weighted by Gasteiger charge is 2.21. The lowest BCUT2D eigenvalue weighted by Crippen LogP contribution is -2.54.